The highest BCUT2D eigenvalue weighted by Gasteiger charge is 2.33. The first-order chi connectivity index (χ1) is 14.0. The number of aliphatic imine (C=N–C) groups is 1. The van der Waals surface area contributed by atoms with Crippen LogP contribution in [0, 0.1) is 17.2 Å². The van der Waals surface area contributed by atoms with Gasteiger partial charge in [0.15, 0.2) is 12.5 Å². The molecule has 0 saturated heterocycles. The molecular weight excluding hydrogens is 491 g/mol. The molecule has 8 heteroatoms. The molecule has 0 aromatic heterocycles. The zero-order valence-electron chi connectivity index (χ0n) is 15.6. The Morgan fingerprint density at radius 1 is 1.38 bits per heavy atom. The fraction of sp³-hybridized carbons (Fsp3) is 0.429. The Bertz CT molecular complexity index is 853. The summed E-state index contributed by atoms with van der Waals surface area (Å²) in [4.78, 5) is 3.69. The molecule has 0 amide bonds. The molecule has 2 N–H and O–H groups in total. The van der Waals surface area contributed by atoms with E-state index < -0.39 is 24.5 Å². The maximum absolute atomic E-state index is 14.5. The van der Waals surface area contributed by atoms with E-state index in [0.717, 1.165) is 12.0 Å². The fourth-order valence-corrected chi connectivity index (χ4v) is 4.26. The molecule has 0 radical (unpaired) electrons. The lowest BCUT2D eigenvalue weighted by atomic mass is 9.86. The van der Waals surface area contributed by atoms with Crippen molar-refractivity contribution in [2.75, 3.05) is 19.7 Å². The summed E-state index contributed by atoms with van der Waals surface area (Å²) >= 11 is 2.31. The standard InChI is InChI=1S/C21H22F2IN3O2/c22-18-9-13(4-5-15(18)10-25)17-3-1-2-14(8-16(24)11-26-6-7-28)19(17)20-21(23)27-12-29-20/h1-5,9,12,15-16,18,20-21,26,28H,6-8,11H2/t15?,16-,18?,20?,21?/m0/s1. The molecule has 0 saturated carbocycles. The van der Waals surface area contributed by atoms with Gasteiger partial charge in [-0.25, -0.2) is 13.8 Å². The Labute approximate surface area is 182 Å². The van der Waals surface area contributed by atoms with Crippen molar-refractivity contribution in [3.63, 3.8) is 0 Å². The summed E-state index contributed by atoms with van der Waals surface area (Å²) in [6.45, 7) is 1.26. The van der Waals surface area contributed by atoms with Crippen LogP contribution in [-0.2, 0) is 11.2 Å². The van der Waals surface area contributed by atoms with Gasteiger partial charge in [0.1, 0.15) is 6.17 Å². The molecule has 1 aliphatic heterocycles. The Hall–Kier alpha value is -1.83. The SMILES string of the molecule is N#CC1C=CC(c2cccc(C[C@H](I)CNCCO)c2C2OC=NC2F)=CC1F. The average molecular weight is 513 g/mol. The number of nitriles is 1. The minimum absolute atomic E-state index is 0.0649. The van der Waals surface area contributed by atoms with Gasteiger partial charge < -0.3 is 15.2 Å². The number of aliphatic hydroxyl groups excluding tert-OH is 1. The molecule has 3 rings (SSSR count). The molecule has 5 atom stereocenters. The number of aliphatic hydroxyl groups is 1. The van der Waals surface area contributed by atoms with E-state index in [1.165, 1.54) is 12.2 Å². The van der Waals surface area contributed by atoms with Crippen molar-refractivity contribution in [3.8, 4) is 6.07 Å². The second-order valence-electron chi connectivity index (χ2n) is 6.87. The van der Waals surface area contributed by atoms with Crippen molar-refractivity contribution < 1.29 is 18.6 Å². The van der Waals surface area contributed by atoms with E-state index in [4.69, 9.17) is 15.1 Å². The smallest absolute Gasteiger partial charge is 0.233 e. The summed E-state index contributed by atoms with van der Waals surface area (Å²) in [5.74, 6) is -0.818. The van der Waals surface area contributed by atoms with Crippen LogP contribution in [-0.4, -0.2) is 47.6 Å². The summed E-state index contributed by atoms with van der Waals surface area (Å²) < 4.78 is 34.5. The van der Waals surface area contributed by atoms with Gasteiger partial charge >= 0.3 is 0 Å². The van der Waals surface area contributed by atoms with Gasteiger partial charge in [-0.15, -0.1) is 0 Å². The van der Waals surface area contributed by atoms with Crippen molar-refractivity contribution in [3.05, 3.63) is 53.1 Å². The molecule has 1 heterocycles. The molecule has 1 aromatic rings. The molecule has 154 valence electrons. The first-order valence-electron chi connectivity index (χ1n) is 9.37. The van der Waals surface area contributed by atoms with Crippen LogP contribution in [0.1, 0.15) is 22.8 Å². The van der Waals surface area contributed by atoms with Gasteiger partial charge in [-0.2, -0.15) is 5.26 Å². The fourth-order valence-electron chi connectivity index (χ4n) is 3.47. The highest BCUT2D eigenvalue weighted by Crippen LogP contribution is 2.38. The van der Waals surface area contributed by atoms with Gasteiger partial charge in [0.25, 0.3) is 0 Å². The second kappa shape index (κ2) is 10.3. The van der Waals surface area contributed by atoms with E-state index in [-0.39, 0.29) is 10.5 Å². The normalized spacial score (nSPS) is 26.7. The lowest BCUT2D eigenvalue weighted by Gasteiger charge is -2.24. The van der Waals surface area contributed by atoms with Crippen LogP contribution in [0.5, 0.6) is 0 Å². The first kappa shape index (κ1) is 21.9. The summed E-state index contributed by atoms with van der Waals surface area (Å²) in [7, 11) is 0. The monoisotopic (exact) mass is 513 g/mol. The molecule has 5 nitrogen and oxygen atoms in total. The third-order valence-corrected chi connectivity index (χ3v) is 5.74. The number of rotatable bonds is 8. The Balaban J connectivity index is 1.95. The molecule has 29 heavy (non-hydrogen) atoms. The number of alkyl halides is 3. The number of hydrogen-bond donors (Lipinski definition) is 2. The lowest BCUT2D eigenvalue weighted by Crippen LogP contribution is -2.27. The van der Waals surface area contributed by atoms with Crippen molar-refractivity contribution >= 4 is 34.6 Å². The van der Waals surface area contributed by atoms with Crippen molar-refractivity contribution in [2.24, 2.45) is 10.9 Å². The molecule has 2 aliphatic rings. The largest absolute Gasteiger partial charge is 0.470 e. The van der Waals surface area contributed by atoms with Gasteiger partial charge in [-0.3, -0.25) is 0 Å². The van der Waals surface area contributed by atoms with Crippen molar-refractivity contribution in [2.45, 2.75) is 28.9 Å². The van der Waals surface area contributed by atoms with Crippen LogP contribution in [0.4, 0.5) is 8.78 Å². The zero-order valence-corrected chi connectivity index (χ0v) is 17.8. The third kappa shape index (κ3) is 5.21. The molecule has 1 aliphatic carbocycles. The summed E-state index contributed by atoms with van der Waals surface area (Å²) in [5, 5.41) is 21.1. The Kier molecular flexibility index (Phi) is 7.75. The van der Waals surface area contributed by atoms with E-state index in [9.17, 15) is 8.78 Å². The van der Waals surface area contributed by atoms with E-state index in [1.807, 2.05) is 24.3 Å². The van der Waals surface area contributed by atoms with E-state index in [1.54, 1.807) is 6.08 Å². The number of ether oxygens (including phenoxy) is 1. The van der Waals surface area contributed by atoms with Crippen LogP contribution in [0.2, 0.25) is 0 Å². The van der Waals surface area contributed by atoms with Gasteiger partial charge in [0.2, 0.25) is 6.30 Å². The quantitative estimate of drug-likeness (QED) is 0.242. The maximum Gasteiger partial charge on any atom is 0.233 e. The predicted molar refractivity (Wildman–Crippen MR) is 116 cm³/mol. The average Bonchev–Trinajstić information content (AvgIpc) is 3.13. The first-order valence-corrected chi connectivity index (χ1v) is 10.6. The minimum atomic E-state index is -1.53. The Morgan fingerprint density at radius 2 is 2.21 bits per heavy atom. The van der Waals surface area contributed by atoms with Crippen molar-refractivity contribution in [1.82, 2.24) is 5.32 Å². The van der Waals surface area contributed by atoms with Crippen LogP contribution < -0.4 is 5.32 Å². The van der Waals surface area contributed by atoms with Gasteiger partial charge in [0.05, 0.1) is 18.6 Å². The van der Waals surface area contributed by atoms with Crippen LogP contribution in [0.25, 0.3) is 5.57 Å². The van der Waals surface area contributed by atoms with Crippen LogP contribution >= 0.6 is 22.6 Å². The molecule has 1 aromatic carbocycles. The summed E-state index contributed by atoms with van der Waals surface area (Å²) in [5.41, 5.74) is 2.84. The predicted octanol–water partition coefficient (Wildman–Crippen LogP) is 3.44. The number of benzene rings is 1. The molecule has 4 unspecified atom stereocenters. The lowest BCUT2D eigenvalue weighted by molar-refractivity contribution is 0.134. The Morgan fingerprint density at radius 3 is 2.86 bits per heavy atom. The minimum Gasteiger partial charge on any atom is -0.470 e. The third-order valence-electron chi connectivity index (χ3n) is 4.86. The zero-order chi connectivity index (χ0) is 20.8. The highest BCUT2D eigenvalue weighted by molar-refractivity contribution is 14.1. The highest BCUT2D eigenvalue weighted by atomic mass is 127. The number of hydrogen-bond acceptors (Lipinski definition) is 5. The topological polar surface area (TPSA) is 77.6 Å². The number of nitrogens with one attached hydrogen (secondary N) is 1. The molecule has 0 fully saturated rings. The second-order valence-corrected chi connectivity index (χ2v) is 8.63. The van der Waals surface area contributed by atoms with E-state index >= 15 is 0 Å². The van der Waals surface area contributed by atoms with Crippen LogP contribution in [0.15, 0.2) is 41.4 Å². The van der Waals surface area contributed by atoms with Gasteiger partial charge in [0, 0.05) is 22.6 Å². The van der Waals surface area contributed by atoms with Crippen LogP contribution in [0.3, 0.4) is 0 Å². The summed E-state index contributed by atoms with van der Waals surface area (Å²) in [6, 6.07) is 7.52. The number of nitrogens with zero attached hydrogens (tertiary/aromatic N) is 2. The van der Waals surface area contributed by atoms with Gasteiger partial charge in [-0.1, -0.05) is 52.9 Å². The molecule has 0 bridgehead atoms. The maximum atomic E-state index is 14.5. The number of allylic oxidation sites excluding steroid dienone is 4. The van der Waals surface area contributed by atoms with E-state index in [2.05, 4.69) is 32.9 Å². The van der Waals surface area contributed by atoms with Crippen molar-refractivity contribution in [1.29, 1.82) is 5.26 Å². The van der Waals surface area contributed by atoms with Gasteiger partial charge in [-0.05, 0) is 29.2 Å². The molecule has 0 spiro atoms. The summed E-state index contributed by atoms with van der Waals surface area (Å²) in [6.07, 6.45) is 2.57. The molecular formula is C21H22F2IN3O2. The number of halogens is 3. The van der Waals surface area contributed by atoms with E-state index in [0.29, 0.717) is 36.2 Å².